The highest BCUT2D eigenvalue weighted by Gasteiger charge is 2.23. The predicted molar refractivity (Wildman–Crippen MR) is 136 cm³/mol. The van der Waals surface area contributed by atoms with Crippen molar-refractivity contribution in [2.45, 2.75) is 43.4 Å². The van der Waals surface area contributed by atoms with Gasteiger partial charge in [-0.3, -0.25) is 4.79 Å². The number of sulfonamides is 1. The molecule has 0 atom stereocenters. The third-order valence-corrected chi connectivity index (χ3v) is 8.84. The van der Waals surface area contributed by atoms with E-state index < -0.39 is 10.0 Å². The molecule has 0 spiro atoms. The number of aryl methyl sites for hydroxylation is 3. The first-order chi connectivity index (χ1) is 16.6. The van der Waals surface area contributed by atoms with Crippen molar-refractivity contribution in [3.8, 4) is 5.75 Å². The van der Waals surface area contributed by atoms with Gasteiger partial charge < -0.3 is 14.6 Å². The minimum atomic E-state index is -3.53. The maximum Gasteiger partial charge on any atom is 0.242 e. The molecule has 1 amide bonds. The number of amides is 1. The maximum absolute atomic E-state index is 12.9. The lowest BCUT2D eigenvalue weighted by Crippen LogP contribution is -2.38. The summed E-state index contributed by atoms with van der Waals surface area (Å²) in [7, 11) is 1.39. The van der Waals surface area contributed by atoms with Crippen LogP contribution >= 0.6 is 0 Å². The number of rotatable bonds is 8. The largest absolute Gasteiger partial charge is 0.508 e. The second-order valence-electron chi connectivity index (χ2n) is 9.55. The zero-order chi connectivity index (χ0) is 25.2. The number of carbonyl (C=O) groups excluding carboxylic acids is 1. The van der Waals surface area contributed by atoms with E-state index in [4.69, 9.17) is 0 Å². The Morgan fingerprint density at radius 3 is 2.43 bits per heavy atom. The number of aromatic nitrogens is 2. The first-order valence-electron chi connectivity index (χ1n) is 12.1. The Bertz CT molecular complexity index is 1290. The number of piperidine rings is 1. The lowest BCUT2D eigenvalue weighted by atomic mass is 9.90. The van der Waals surface area contributed by atoms with Gasteiger partial charge in [-0.2, -0.15) is 0 Å². The second-order valence-corrected chi connectivity index (χ2v) is 11.7. The smallest absolute Gasteiger partial charge is 0.242 e. The van der Waals surface area contributed by atoms with Crippen LogP contribution in [-0.4, -0.2) is 65.4 Å². The van der Waals surface area contributed by atoms with Crippen molar-refractivity contribution < 1.29 is 18.3 Å². The SMILES string of the molecule is CN(C)S(=O)(=O)c1ccc2c(c1)nc(CCC(=O)N1CCC(CCc3ccc(O)cc3)CC1)n2C. The third-order valence-electron chi connectivity index (χ3n) is 7.03. The van der Waals surface area contributed by atoms with Crippen LogP contribution < -0.4 is 0 Å². The summed E-state index contributed by atoms with van der Waals surface area (Å²) in [5.74, 6) is 1.82. The summed E-state index contributed by atoms with van der Waals surface area (Å²) >= 11 is 0. The number of phenols is 1. The molecule has 1 aliphatic heterocycles. The van der Waals surface area contributed by atoms with Crippen molar-refractivity contribution in [2.24, 2.45) is 13.0 Å². The molecule has 1 aliphatic rings. The van der Waals surface area contributed by atoms with Gasteiger partial charge in [-0.1, -0.05) is 12.1 Å². The topological polar surface area (TPSA) is 95.7 Å². The van der Waals surface area contributed by atoms with E-state index in [1.807, 2.05) is 28.6 Å². The van der Waals surface area contributed by atoms with Crippen LogP contribution in [0.5, 0.6) is 5.75 Å². The van der Waals surface area contributed by atoms with Gasteiger partial charge in [-0.25, -0.2) is 17.7 Å². The van der Waals surface area contributed by atoms with Gasteiger partial charge >= 0.3 is 0 Å². The Balaban J connectivity index is 1.30. The van der Waals surface area contributed by atoms with E-state index >= 15 is 0 Å². The summed E-state index contributed by atoms with van der Waals surface area (Å²) in [5.41, 5.74) is 2.70. The molecule has 188 valence electrons. The average Bonchev–Trinajstić information content (AvgIpc) is 3.17. The van der Waals surface area contributed by atoms with Gasteiger partial charge in [0.1, 0.15) is 11.6 Å². The van der Waals surface area contributed by atoms with E-state index in [-0.39, 0.29) is 10.8 Å². The van der Waals surface area contributed by atoms with Gasteiger partial charge in [-0.15, -0.1) is 0 Å². The predicted octanol–water partition coefficient (Wildman–Crippen LogP) is 3.33. The molecule has 0 bridgehead atoms. The van der Waals surface area contributed by atoms with Crippen molar-refractivity contribution >= 4 is 27.0 Å². The number of benzene rings is 2. The number of hydrogen-bond acceptors (Lipinski definition) is 5. The van der Waals surface area contributed by atoms with Crippen LogP contribution in [0.15, 0.2) is 47.4 Å². The summed E-state index contributed by atoms with van der Waals surface area (Å²) in [6.07, 6.45) is 5.01. The van der Waals surface area contributed by atoms with Crippen LogP contribution in [0.25, 0.3) is 11.0 Å². The van der Waals surface area contributed by atoms with Crippen LogP contribution in [0.1, 0.15) is 37.1 Å². The van der Waals surface area contributed by atoms with Gasteiger partial charge in [0, 0.05) is 47.1 Å². The average molecular weight is 499 g/mol. The fourth-order valence-corrected chi connectivity index (χ4v) is 5.63. The molecule has 9 heteroatoms. The molecule has 35 heavy (non-hydrogen) atoms. The quantitative estimate of drug-likeness (QED) is 0.514. The Kier molecular flexibility index (Phi) is 7.47. The van der Waals surface area contributed by atoms with Gasteiger partial charge in [-0.05, 0) is 67.5 Å². The molecule has 0 unspecified atom stereocenters. The number of carbonyl (C=O) groups is 1. The molecule has 1 saturated heterocycles. The molecule has 0 radical (unpaired) electrons. The number of fused-ring (bicyclic) bond motifs is 1. The van der Waals surface area contributed by atoms with Crippen LogP contribution in [0.4, 0.5) is 0 Å². The minimum absolute atomic E-state index is 0.143. The standard InChI is InChI=1S/C26H34N4O4S/c1-28(2)35(33,34)22-10-11-24-23(18-22)27-25(29(24)3)12-13-26(32)30-16-14-20(15-17-30)5-4-19-6-8-21(31)9-7-19/h6-11,18,20,31H,4-5,12-17H2,1-3H3. The number of hydrogen-bond donors (Lipinski definition) is 1. The van der Waals surface area contributed by atoms with Gasteiger partial charge in [0.2, 0.25) is 15.9 Å². The van der Waals surface area contributed by atoms with Crippen LogP contribution in [-0.2, 0) is 34.7 Å². The van der Waals surface area contributed by atoms with E-state index in [0.29, 0.717) is 30.0 Å². The second kappa shape index (κ2) is 10.4. The zero-order valence-electron chi connectivity index (χ0n) is 20.6. The van der Waals surface area contributed by atoms with Crippen LogP contribution in [0.2, 0.25) is 0 Å². The Hall–Kier alpha value is -2.91. The summed E-state index contributed by atoms with van der Waals surface area (Å²) in [4.78, 5) is 19.7. The highest BCUT2D eigenvalue weighted by molar-refractivity contribution is 7.89. The normalized spacial score (nSPS) is 15.3. The summed E-state index contributed by atoms with van der Waals surface area (Å²) in [6.45, 7) is 1.57. The minimum Gasteiger partial charge on any atom is -0.508 e. The monoisotopic (exact) mass is 498 g/mol. The number of nitrogens with zero attached hydrogens (tertiary/aromatic N) is 4. The molecule has 0 aliphatic carbocycles. The third kappa shape index (κ3) is 5.67. The molecule has 2 aromatic carbocycles. The number of imidazole rings is 1. The summed E-state index contributed by atoms with van der Waals surface area (Å²) in [5, 5.41) is 9.42. The fraction of sp³-hybridized carbons (Fsp3) is 0.462. The van der Waals surface area contributed by atoms with E-state index in [1.165, 1.54) is 24.0 Å². The molecule has 1 fully saturated rings. The van der Waals surface area contributed by atoms with E-state index in [9.17, 15) is 18.3 Å². The highest BCUT2D eigenvalue weighted by Crippen LogP contribution is 2.25. The van der Waals surface area contributed by atoms with Crippen molar-refractivity contribution in [3.05, 3.63) is 53.9 Å². The van der Waals surface area contributed by atoms with Crippen LogP contribution in [0, 0.1) is 5.92 Å². The zero-order valence-corrected chi connectivity index (χ0v) is 21.5. The highest BCUT2D eigenvalue weighted by atomic mass is 32.2. The molecule has 0 saturated carbocycles. The number of aromatic hydroxyl groups is 1. The van der Waals surface area contributed by atoms with Crippen molar-refractivity contribution in [1.29, 1.82) is 0 Å². The molecule has 1 aromatic heterocycles. The van der Waals surface area contributed by atoms with Crippen LogP contribution in [0.3, 0.4) is 0 Å². The van der Waals surface area contributed by atoms with Gasteiger partial charge in [0.05, 0.1) is 15.9 Å². The Morgan fingerprint density at radius 2 is 1.77 bits per heavy atom. The molecular formula is C26H34N4O4S. The number of phenolic OH excluding ortho intramolecular Hbond substituents is 1. The molecule has 3 aromatic rings. The van der Waals surface area contributed by atoms with Gasteiger partial charge in [0.15, 0.2) is 0 Å². The van der Waals surface area contributed by atoms with E-state index in [0.717, 1.165) is 50.1 Å². The van der Waals surface area contributed by atoms with Crippen molar-refractivity contribution in [1.82, 2.24) is 18.8 Å². The molecular weight excluding hydrogens is 464 g/mol. The molecule has 2 heterocycles. The molecule has 1 N–H and O–H groups in total. The number of likely N-dealkylation sites (tertiary alicyclic amines) is 1. The maximum atomic E-state index is 12.9. The molecule has 8 nitrogen and oxygen atoms in total. The summed E-state index contributed by atoms with van der Waals surface area (Å²) in [6, 6.07) is 12.4. The van der Waals surface area contributed by atoms with Gasteiger partial charge in [0.25, 0.3) is 0 Å². The first-order valence-corrected chi connectivity index (χ1v) is 13.5. The Morgan fingerprint density at radius 1 is 1.09 bits per heavy atom. The fourth-order valence-electron chi connectivity index (χ4n) is 4.71. The first kappa shape index (κ1) is 25.2. The lowest BCUT2D eigenvalue weighted by Gasteiger charge is -2.32. The van der Waals surface area contributed by atoms with Crippen molar-refractivity contribution in [2.75, 3.05) is 27.2 Å². The van der Waals surface area contributed by atoms with E-state index in [2.05, 4.69) is 4.98 Å². The molecule has 4 rings (SSSR count). The Labute approximate surface area is 207 Å². The lowest BCUT2D eigenvalue weighted by molar-refractivity contribution is -0.132. The van der Waals surface area contributed by atoms with E-state index in [1.54, 1.807) is 30.3 Å². The van der Waals surface area contributed by atoms with Crippen molar-refractivity contribution in [3.63, 3.8) is 0 Å². The summed E-state index contributed by atoms with van der Waals surface area (Å²) < 4.78 is 28.0.